The summed E-state index contributed by atoms with van der Waals surface area (Å²) in [5.74, 6) is -0.370. The number of carbonyl (C=O) groups is 2. The molecule has 184 valence electrons. The Labute approximate surface area is 204 Å². The molecule has 2 aromatic rings. The lowest BCUT2D eigenvalue weighted by Crippen LogP contribution is -2.32. The summed E-state index contributed by atoms with van der Waals surface area (Å²) in [7, 11) is 1.59. The van der Waals surface area contributed by atoms with Gasteiger partial charge in [-0.3, -0.25) is 9.59 Å². The van der Waals surface area contributed by atoms with Crippen molar-refractivity contribution in [1.29, 1.82) is 0 Å². The van der Waals surface area contributed by atoms with Gasteiger partial charge in [-0.15, -0.1) is 11.3 Å². The molecule has 0 aliphatic carbocycles. The van der Waals surface area contributed by atoms with Crippen LogP contribution >= 0.6 is 11.3 Å². The highest BCUT2D eigenvalue weighted by atomic mass is 32.1. The van der Waals surface area contributed by atoms with Crippen molar-refractivity contribution >= 4 is 23.0 Å². The van der Waals surface area contributed by atoms with Gasteiger partial charge in [0.15, 0.2) is 17.3 Å². The number of amides is 1. The van der Waals surface area contributed by atoms with Crippen LogP contribution in [0.4, 0.5) is 0 Å². The largest absolute Gasteiger partial charge is 0.503 e. The van der Waals surface area contributed by atoms with Crippen LogP contribution in [0, 0.1) is 13.8 Å². The van der Waals surface area contributed by atoms with E-state index in [-0.39, 0.29) is 5.57 Å². The number of methoxy groups -OCH3 is 1. The lowest BCUT2D eigenvalue weighted by Gasteiger charge is -2.27. The van der Waals surface area contributed by atoms with E-state index in [0.717, 1.165) is 11.4 Å². The van der Waals surface area contributed by atoms with E-state index < -0.39 is 23.5 Å². The number of thiazole rings is 1. The van der Waals surface area contributed by atoms with Gasteiger partial charge in [-0.05, 0) is 51.3 Å². The van der Waals surface area contributed by atoms with Gasteiger partial charge in [0.1, 0.15) is 0 Å². The summed E-state index contributed by atoms with van der Waals surface area (Å²) in [5.41, 5.74) is 1.29. The molecule has 0 saturated carbocycles. The second kappa shape index (κ2) is 11.5. The predicted octanol–water partition coefficient (Wildman–Crippen LogP) is 4.56. The molecule has 1 aromatic carbocycles. The molecular formula is C25H32N2O6S. The van der Waals surface area contributed by atoms with Gasteiger partial charge in [-0.1, -0.05) is 13.0 Å². The van der Waals surface area contributed by atoms with Gasteiger partial charge in [-0.2, -0.15) is 0 Å². The molecule has 1 aliphatic rings. The zero-order chi connectivity index (χ0) is 24.8. The van der Waals surface area contributed by atoms with Gasteiger partial charge in [0, 0.05) is 20.3 Å². The van der Waals surface area contributed by atoms with E-state index >= 15 is 0 Å². The van der Waals surface area contributed by atoms with Crippen molar-refractivity contribution in [2.75, 3.05) is 33.5 Å². The molecule has 0 radical (unpaired) electrons. The second-order valence-corrected chi connectivity index (χ2v) is 9.18. The molecule has 1 amide bonds. The van der Waals surface area contributed by atoms with Crippen molar-refractivity contribution in [1.82, 2.24) is 9.88 Å². The maximum absolute atomic E-state index is 13.6. The number of rotatable bonds is 12. The number of benzene rings is 1. The molecule has 1 unspecified atom stereocenters. The number of aromatic nitrogens is 1. The van der Waals surface area contributed by atoms with Crippen molar-refractivity contribution in [3.8, 4) is 11.5 Å². The highest BCUT2D eigenvalue weighted by molar-refractivity contribution is 7.14. The first kappa shape index (κ1) is 25.7. The Balaban J connectivity index is 2.09. The zero-order valence-corrected chi connectivity index (χ0v) is 21.2. The summed E-state index contributed by atoms with van der Waals surface area (Å²) in [6, 6.07) is 4.61. The van der Waals surface area contributed by atoms with Crippen LogP contribution in [-0.4, -0.2) is 60.2 Å². The standard InChI is InChI=1S/C25H32N2O6S/c1-6-12-33-18-10-9-17(14-19(18)32-7-2)21-20(22(28)24-15(3)26-16(4)34-24)23(29)25(30)27(21)11-8-13-31-5/h9-10,14,21,29H,6-8,11-13H2,1-5H3. The Bertz CT molecular complexity index is 1080. The van der Waals surface area contributed by atoms with E-state index in [1.807, 2.05) is 26.8 Å². The Morgan fingerprint density at radius 1 is 1.18 bits per heavy atom. The van der Waals surface area contributed by atoms with Crippen molar-refractivity contribution < 1.29 is 28.9 Å². The lowest BCUT2D eigenvalue weighted by molar-refractivity contribution is -0.129. The average Bonchev–Trinajstić information content (AvgIpc) is 3.28. The first-order valence-electron chi connectivity index (χ1n) is 11.4. The molecule has 0 bridgehead atoms. The smallest absolute Gasteiger partial charge is 0.290 e. The van der Waals surface area contributed by atoms with E-state index in [2.05, 4.69) is 4.98 Å². The van der Waals surface area contributed by atoms with Gasteiger partial charge in [0.25, 0.3) is 5.91 Å². The highest BCUT2D eigenvalue weighted by Crippen LogP contribution is 2.42. The number of aliphatic hydroxyl groups excluding tert-OH is 1. The number of Topliss-reactive ketones (excluding diaryl/α,β-unsaturated/α-hetero) is 1. The number of ether oxygens (including phenoxy) is 3. The van der Waals surface area contributed by atoms with Gasteiger partial charge in [0.05, 0.1) is 40.4 Å². The molecule has 2 heterocycles. The van der Waals surface area contributed by atoms with E-state index in [0.29, 0.717) is 60.4 Å². The van der Waals surface area contributed by atoms with E-state index in [4.69, 9.17) is 14.2 Å². The van der Waals surface area contributed by atoms with Crippen LogP contribution in [0.5, 0.6) is 11.5 Å². The molecule has 1 aromatic heterocycles. The van der Waals surface area contributed by atoms with Crippen LogP contribution in [0.1, 0.15) is 58.7 Å². The maximum Gasteiger partial charge on any atom is 0.290 e. The third-order valence-electron chi connectivity index (χ3n) is 5.45. The fourth-order valence-corrected chi connectivity index (χ4v) is 4.87. The Morgan fingerprint density at radius 2 is 1.94 bits per heavy atom. The Kier molecular flexibility index (Phi) is 8.68. The fourth-order valence-electron chi connectivity index (χ4n) is 4.00. The number of aryl methyl sites for hydroxylation is 2. The predicted molar refractivity (Wildman–Crippen MR) is 130 cm³/mol. The molecule has 0 fully saturated rings. The fraction of sp³-hybridized carbons (Fsp3) is 0.480. The topological polar surface area (TPSA) is 98.2 Å². The third-order valence-corrected chi connectivity index (χ3v) is 6.52. The summed E-state index contributed by atoms with van der Waals surface area (Å²) >= 11 is 1.25. The normalized spacial score (nSPS) is 15.9. The summed E-state index contributed by atoms with van der Waals surface area (Å²) in [4.78, 5) is 33.0. The quantitative estimate of drug-likeness (QED) is 0.345. The van der Waals surface area contributed by atoms with Gasteiger partial charge in [-0.25, -0.2) is 4.98 Å². The molecule has 1 aliphatic heterocycles. The van der Waals surface area contributed by atoms with Gasteiger partial charge in [0.2, 0.25) is 5.78 Å². The van der Waals surface area contributed by atoms with Crippen molar-refractivity contribution in [2.24, 2.45) is 0 Å². The first-order valence-corrected chi connectivity index (χ1v) is 12.3. The van der Waals surface area contributed by atoms with Crippen LogP contribution in [0.15, 0.2) is 29.5 Å². The van der Waals surface area contributed by atoms with Crippen LogP contribution in [-0.2, 0) is 9.53 Å². The van der Waals surface area contributed by atoms with E-state index in [1.165, 1.54) is 16.2 Å². The van der Waals surface area contributed by atoms with E-state index in [9.17, 15) is 14.7 Å². The molecule has 1 N–H and O–H groups in total. The third kappa shape index (κ3) is 5.26. The second-order valence-electron chi connectivity index (χ2n) is 7.97. The van der Waals surface area contributed by atoms with Gasteiger partial charge >= 0.3 is 0 Å². The Hall–Kier alpha value is -2.91. The molecule has 1 atom stereocenters. The average molecular weight is 489 g/mol. The number of nitrogens with zero attached hydrogens (tertiary/aromatic N) is 2. The zero-order valence-electron chi connectivity index (χ0n) is 20.3. The van der Waals surface area contributed by atoms with Gasteiger partial charge < -0.3 is 24.2 Å². The summed E-state index contributed by atoms with van der Waals surface area (Å²) in [6.07, 6.45) is 1.41. The molecular weight excluding hydrogens is 456 g/mol. The SMILES string of the molecule is CCCOc1ccc(C2C(C(=O)c3sc(C)nc3C)=C(O)C(=O)N2CCCOC)cc1OCC. The first-order chi connectivity index (χ1) is 16.3. The van der Waals surface area contributed by atoms with E-state index in [1.54, 1.807) is 26.2 Å². The lowest BCUT2D eigenvalue weighted by atomic mass is 9.94. The molecule has 34 heavy (non-hydrogen) atoms. The maximum atomic E-state index is 13.6. The number of aliphatic hydroxyl groups is 1. The van der Waals surface area contributed by atoms with Crippen molar-refractivity contribution in [3.63, 3.8) is 0 Å². The summed E-state index contributed by atoms with van der Waals surface area (Å²) in [6.45, 7) is 9.20. The summed E-state index contributed by atoms with van der Waals surface area (Å²) < 4.78 is 16.8. The minimum Gasteiger partial charge on any atom is -0.503 e. The van der Waals surface area contributed by atoms with Crippen molar-refractivity contribution in [3.05, 3.63) is 50.7 Å². The molecule has 0 saturated heterocycles. The van der Waals surface area contributed by atoms with Crippen LogP contribution < -0.4 is 9.47 Å². The minimum atomic E-state index is -0.766. The molecule has 9 heteroatoms. The Morgan fingerprint density at radius 3 is 2.56 bits per heavy atom. The number of hydrogen-bond donors (Lipinski definition) is 1. The monoisotopic (exact) mass is 488 g/mol. The van der Waals surface area contributed by atoms with Crippen LogP contribution in [0.3, 0.4) is 0 Å². The molecule has 0 spiro atoms. The minimum absolute atomic E-state index is 0.0545. The summed E-state index contributed by atoms with van der Waals surface area (Å²) in [5, 5.41) is 11.6. The van der Waals surface area contributed by atoms with Crippen LogP contribution in [0.2, 0.25) is 0 Å². The molecule has 8 nitrogen and oxygen atoms in total. The van der Waals surface area contributed by atoms with Crippen LogP contribution in [0.25, 0.3) is 0 Å². The number of hydrogen-bond acceptors (Lipinski definition) is 8. The number of ketones is 1. The van der Waals surface area contributed by atoms with Crippen molar-refractivity contribution in [2.45, 2.75) is 46.6 Å². The molecule has 3 rings (SSSR count). The highest BCUT2D eigenvalue weighted by Gasteiger charge is 2.44. The number of carbonyl (C=O) groups excluding carboxylic acids is 2.